The molecule has 1 aliphatic rings. The lowest BCUT2D eigenvalue weighted by Crippen LogP contribution is -2.50. The second kappa shape index (κ2) is 9.07. The van der Waals surface area contributed by atoms with Crippen LogP contribution < -0.4 is 0 Å². The Morgan fingerprint density at radius 2 is 1.90 bits per heavy atom. The summed E-state index contributed by atoms with van der Waals surface area (Å²) in [6, 6.07) is 9.29. The minimum atomic E-state index is -3.60. The number of sulfonamides is 1. The smallest absolute Gasteiger partial charge is 0.252 e. The number of amides is 1. The number of benzene rings is 1. The molecule has 4 rings (SSSR count). The summed E-state index contributed by atoms with van der Waals surface area (Å²) in [5.74, 6) is 0.149. The molecule has 0 atom stereocenters. The Morgan fingerprint density at radius 1 is 1.16 bits per heavy atom. The Labute approximate surface area is 188 Å². The van der Waals surface area contributed by atoms with Crippen molar-refractivity contribution in [2.45, 2.75) is 17.1 Å². The number of halogens is 2. The lowest BCUT2D eigenvalue weighted by molar-refractivity contribution is -0.132. The summed E-state index contributed by atoms with van der Waals surface area (Å²) in [4.78, 5) is 18.3. The van der Waals surface area contributed by atoms with Crippen molar-refractivity contribution in [2.75, 3.05) is 26.2 Å². The Hall–Kier alpha value is -2.27. The number of hydrogen-bond acceptors (Lipinski definition) is 6. The van der Waals surface area contributed by atoms with Crippen molar-refractivity contribution in [3.05, 3.63) is 58.6 Å². The van der Waals surface area contributed by atoms with Gasteiger partial charge in [0.1, 0.15) is 10.0 Å². The van der Waals surface area contributed by atoms with Gasteiger partial charge in [-0.25, -0.2) is 17.8 Å². The summed E-state index contributed by atoms with van der Waals surface area (Å²) in [7, 11) is -3.60. The Morgan fingerprint density at radius 3 is 2.58 bits per heavy atom. The van der Waals surface area contributed by atoms with E-state index < -0.39 is 15.8 Å². The van der Waals surface area contributed by atoms with Crippen LogP contribution in [0.1, 0.15) is 12.3 Å². The molecule has 1 aromatic carbocycles. The summed E-state index contributed by atoms with van der Waals surface area (Å²) in [5, 5.41) is 0. The molecule has 7 nitrogen and oxygen atoms in total. The van der Waals surface area contributed by atoms with Gasteiger partial charge < -0.3 is 9.32 Å². The lowest BCUT2D eigenvalue weighted by atomic mass is 10.2. The van der Waals surface area contributed by atoms with E-state index in [-0.39, 0.29) is 36.0 Å². The highest BCUT2D eigenvalue weighted by Gasteiger charge is 2.31. The van der Waals surface area contributed by atoms with Crippen molar-refractivity contribution < 1.29 is 22.0 Å². The zero-order valence-corrected chi connectivity index (χ0v) is 18.7. The third kappa shape index (κ3) is 4.82. The number of piperazine rings is 1. The van der Waals surface area contributed by atoms with Crippen molar-refractivity contribution in [1.29, 1.82) is 0 Å². The summed E-state index contributed by atoms with van der Waals surface area (Å²) in [6.07, 6.45) is 1.89. The summed E-state index contributed by atoms with van der Waals surface area (Å²) in [5.41, 5.74) is 0.317. The van der Waals surface area contributed by atoms with E-state index in [1.807, 2.05) is 0 Å². The Kier molecular flexibility index (Phi) is 6.42. The Bertz CT molecular complexity index is 1190. The summed E-state index contributed by atoms with van der Waals surface area (Å²) < 4.78 is 46.7. The standard InChI is InChI=1S/C20H19ClFN3O4S2/c21-17-5-8-20(30-17)31(27,28)25-11-9-24(10-12-25)19(26)7-6-18-23-13-16(29-18)14-3-1-2-4-15(14)22/h1-5,8,13H,6-7,9-12H2. The average molecular weight is 484 g/mol. The molecule has 0 aliphatic carbocycles. The predicted octanol–water partition coefficient (Wildman–Crippen LogP) is 3.66. The van der Waals surface area contributed by atoms with E-state index in [4.69, 9.17) is 16.0 Å². The van der Waals surface area contributed by atoms with Crippen molar-refractivity contribution in [2.24, 2.45) is 0 Å². The molecule has 11 heteroatoms. The number of thiophene rings is 1. The normalized spacial score (nSPS) is 15.4. The average Bonchev–Trinajstić information content (AvgIpc) is 3.42. The van der Waals surface area contributed by atoms with Crippen LogP contribution in [-0.4, -0.2) is 54.7 Å². The van der Waals surface area contributed by atoms with Crippen LogP contribution in [0.15, 0.2) is 51.2 Å². The molecule has 0 saturated carbocycles. The van der Waals surface area contributed by atoms with Gasteiger partial charge in [0.25, 0.3) is 10.0 Å². The van der Waals surface area contributed by atoms with Crippen molar-refractivity contribution in [1.82, 2.24) is 14.2 Å². The Balaban J connectivity index is 1.30. The first kappa shape index (κ1) is 21.9. The van der Waals surface area contributed by atoms with Crippen LogP contribution in [0.2, 0.25) is 4.34 Å². The predicted molar refractivity (Wildman–Crippen MR) is 115 cm³/mol. The third-order valence-corrected chi connectivity index (χ3v) is 8.58. The van der Waals surface area contributed by atoms with Crippen molar-refractivity contribution in [3.8, 4) is 11.3 Å². The van der Waals surface area contributed by atoms with E-state index in [9.17, 15) is 17.6 Å². The first-order chi connectivity index (χ1) is 14.8. The van der Waals surface area contributed by atoms with E-state index in [1.165, 1.54) is 22.6 Å². The zero-order chi connectivity index (χ0) is 22.0. The molecule has 0 bridgehead atoms. The van der Waals surface area contributed by atoms with Crippen LogP contribution in [0, 0.1) is 5.82 Å². The molecule has 3 heterocycles. The molecule has 0 spiro atoms. The van der Waals surface area contributed by atoms with Gasteiger partial charge in [0.05, 0.1) is 16.1 Å². The van der Waals surface area contributed by atoms with Gasteiger partial charge in [-0.05, 0) is 24.3 Å². The molecule has 2 aromatic heterocycles. The second-order valence-electron chi connectivity index (χ2n) is 6.94. The fourth-order valence-corrected chi connectivity index (χ4v) is 6.38. The van der Waals surface area contributed by atoms with Gasteiger partial charge in [0, 0.05) is 39.0 Å². The third-order valence-electron chi connectivity index (χ3n) is 4.98. The first-order valence-electron chi connectivity index (χ1n) is 9.57. The van der Waals surface area contributed by atoms with Crippen LogP contribution in [0.3, 0.4) is 0 Å². The highest BCUT2D eigenvalue weighted by atomic mass is 35.5. The SMILES string of the molecule is O=C(CCc1ncc(-c2ccccc2F)o1)N1CCN(S(=O)(=O)c2ccc(Cl)s2)CC1. The molecular formula is C20H19ClFN3O4S2. The van der Waals surface area contributed by atoms with Crippen LogP contribution in [0.4, 0.5) is 4.39 Å². The molecule has 1 amide bonds. The van der Waals surface area contributed by atoms with Gasteiger partial charge >= 0.3 is 0 Å². The molecule has 0 radical (unpaired) electrons. The number of nitrogens with zero attached hydrogens (tertiary/aromatic N) is 3. The quantitative estimate of drug-likeness (QED) is 0.534. The van der Waals surface area contributed by atoms with E-state index in [0.717, 1.165) is 11.3 Å². The van der Waals surface area contributed by atoms with Crippen molar-refractivity contribution >= 4 is 38.9 Å². The van der Waals surface area contributed by atoms with Gasteiger partial charge in [-0.3, -0.25) is 4.79 Å². The fraction of sp³-hybridized carbons (Fsp3) is 0.300. The lowest BCUT2D eigenvalue weighted by Gasteiger charge is -2.33. The van der Waals surface area contributed by atoms with E-state index in [0.29, 0.717) is 34.6 Å². The minimum Gasteiger partial charge on any atom is -0.441 e. The first-order valence-corrected chi connectivity index (χ1v) is 12.2. The highest BCUT2D eigenvalue weighted by molar-refractivity contribution is 7.91. The zero-order valence-electron chi connectivity index (χ0n) is 16.3. The van der Waals surface area contributed by atoms with E-state index in [1.54, 1.807) is 29.2 Å². The van der Waals surface area contributed by atoms with Gasteiger partial charge in [0.15, 0.2) is 11.7 Å². The summed E-state index contributed by atoms with van der Waals surface area (Å²) >= 11 is 6.87. The molecule has 1 aliphatic heterocycles. The maximum atomic E-state index is 13.9. The summed E-state index contributed by atoms with van der Waals surface area (Å²) in [6.45, 7) is 1.06. The molecule has 0 unspecified atom stereocenters. The number of rotatable bonds is 6. The molecule has 1 fully saturated rings. The number of aryl methyl sites for hydroxylation is 1. The van der Waals surface area contributed by atoms with E-state index >= 15 is 0 Å². The van der Waals surface area contributed by atoms with E-state index in [2.05, 4.69) is 4.98 Å². The molecular weight excluding hydrogens is 465 g/mol. The second-order valence-corrected chi connectivity index (χ2v) is 10.8. The number of hydrogen-bond donors (Lipinski definition) is 0. The number of aromatic nitrogens is 1. The molecule has 3 aromatic rings. The molecule has 1 saturated heterocycles. The number of carbonyl (C=O) groups excluding carboxylic acids is 1. The maximum absolute atomic E-state index is 13.9. The van der Waals surface area contributed by atoms with Crippen LogP contribution in [-0.2, 0) is 21.2 Å². The molecule has 31 heavy (non-hydrogen) atoms. The fourth-order valence-electron chi connectivity index (χ4n) is 3.32. The van der Waals surface area contributed by atoms with Gasteiger partial charge in [-0.15, -0.1) is 11.3 Å². The topological polar surface area (TPSA) is 83.7 Å². The molecule has 0 N–H and O–H groups in total. The largest absolute Gasteiger partial charge is 0.441 e. The number of oxazole rings is 1. The monoisotopic (exact) mass is 483 g/mol. The van der Waals surface area contributed by atoms with Gasteiger partial charge in [-0.2, -0.15) is 4.31 Å². The van der Waals surface area contributed by atoms with Crippen LogP contribution >= 0.6 is 22.9 Å². The highest BCUT2D eigenvalue weighted by Crippen LogP contribution is 2.29. The van der Waals surface area contributed by atoms with Gasteiger partial charge in [0.2, 0.25) is 5.91 Å². The van der Waals surface area contributed by atoms with Crippen LogP contribution in [0.25, 0.3) is 11.3 Å². The molecule has 164 valence electrons. The minimum absolute atomic E-state index is 0.109. The number of carbonyl (C=O) groups is 1. The van der Waals surface area contributed by atoms with Crippen LogP contribution in [0.5, 0.6) is 0 Å². The maximum Gasteiger partial charge on any atom is 0.252 e. The van der Waals surface area contributed by atoms with Crippen molar-refractivity contribution in [3.63, 3.8) is 0 Å². The van der Waals surface area contributed by atoms with Gasteiger partial charge in [-0.1, -0.05) is 23.7 Å².